The number of likely N-dealkylation sites (tertiary alicyclic amines) is 1. The molecule has 2 saturated heterocycles. The number of hydrogen-bond donors (Lipinski definition) is 1. The Balaban J connectivity index is 1.52. The number of nitrogens with one attached hydrogen (secondary N) is 1. The molecule has 186 valence electrons. The summed E-state index contributed by atoms with van der Waals surface area (Å²) in [6.07, 6.45) is -1.80. The van der Waals surface area contributed by atoms with Crippen molar-refractivity contribution in [3.8, 4) is 6.07 Å². The molecule has 0 unspecified atom stereocenters. The van der Waals surface area contributed by atoms with Crippen LogP contribution < -0.4 is 10.2 Å². The van der Waals surface area contributed by atoms with E-state index in [1.807, 2.05) is 6.92 Å². The van der Waals surface area contributed by atoms with Gasteiger partial charge < -0.3 is 19.5 Å². The lowest BCUT2D eigenvalue weighted by atomic mass is 9.78. The maximum atomic E-state index is 13.5. The van der Waals surface area contributed by atoms with Gasteiger partial charge in [-0.15, -0.1) is 0 Å². The summed E-state index contributed by atoms with van der Waals surface area (Å²) in [4.78, 5) is 29.0. The second-order valence-corrected chi connectivity index (χ2v) is 9.02. The molecule has 1 N–H and O–H groups in total. The Morgan fingerprint density at radius 2 is 1.94 bits per heavy atom. The second-order valence-electron chi connectivity index (χ2n) is 9.02. The summed E-state index contributed by atoms with van der Waals surface area (Å²) >= 11 is 0. The highest BCUT2D eigenvalue weighted by Crippen LogP contribution is 2.40. The molecule has 2 aliphatic heterocycles. The zero-order valence-corrected chi connectivity index (χ0v) is 19.3. The van der Waals surface area contributed by atoms with Crippen LogP contribution in [0.25, 0.3) is 0 Å². The molecule has 2 amide bonds. The van der Waals surface area contributed by atoms with Gasteiger partial charge in [0.1, 0.15) is 0 Å². The number of anilines is 1. The third kappa shape index (κ3) is 5.14. The fourth-order valence-electron chi connectivity index (χ4n) is 5.25. The largest absolute Gasteiger partial charge is 0.459 e. The van der Waals surface area contributed by atoms with Crippen LogP contribution >= 0.6 is 0 Å². The lowest BCUT2D eigenvalue weighted by Gasteiger charge is -2.36. The molecule has 2 fully saturated rings. The monoisotopic (exact) mass is 488 g/mol. The van der Waals surface area contributed by atoms with Gasteiger partial charge in [0.15, 0.2) is 5.76 Å². The normalized spacial score (nSPS) is 21.1. The lowest BCUT2D eigenvalue weighted by molar-refractivity contribution is -0.137. The molecule has 0 aliphatic carbocycles. The number of nitriles is 1. The fraction of sp³-hybridized carbons (Fsp3) is 0.480. The van der Waals surface area contributed by atoms with Crippen LogP contribution in [-0.4, -0.2) is 49.4 Å². The number of carbonyl (C=O) groups excluding carboxylic acids is 2. The van der Waals surface area contributed by atoms with E-state index in [9.17, 15) is 22.8 Å². The Morgan fingerprint density at radius 3 is 2.54 bits per heavy atom. The number of furan rings is 1. The standard InChI is InChI=1S/C25H27F3N4O3/c1-2-30-23(33)20-15-32(18-6-5-17(13-29)21(12-18)25(26,27)28)14-19(20)16-7-9-31(10-8-16)24(34)22-4-3-11-35-22/h3-6,11-12,16,19-20H,2,7-10,14-15H2,1H3,(H,30,33)/t19-,20+/m0/s1. The average Bonchev–Trinajstić information content (AvgIpc) is 3.54. The van der Waals surface area contributed by atoms with Crippen molar-refractivity contribution in [1.82, 2.24) is 10.2 Å². The Morgan fingerprint density at radius 1 is 1.20 bits per heavy atom. The SMILES string of the molecule is CCNC(=O)[C@@H]1CN(c2ccc(C#N)c(C(F)(F)F)c2)C[C@H]1C1CCN(C(=O)c2ccco2)CC1. The zero-order valence-electron chi connectivity index (χ0n) is 19.3. The number of alkyl halides is 3. The minimum absolute atomic E-state index is 0.0626. The average molecular weight is 489 g/mol. The summed E-state index contributed by atoms with van der Waals surface area (Å²) in [6, 6.07) is 8.59. The number of amides is 2. The van der Waals surface area contributed by atoms with Crippen LogP contribution in [0.5, 0.6) is 0 Å². The first-order valence-corrected chi connectivity index (χ1v) is 11.7. The number of halogens is 3. The highest BCUT2D eigenvalue weighted by atomic mass is 19.4. The number of carbonyl (C=O) groups is 2. The third-order valence-corrected chi connectivity index (χ3v) is 7.01. The number of piperidine rings is 1. The molecule has 2 aliphatic rings. The molecule has 3 heterocycles. The minimum Gasteiger partial charge on any atom is -0.459 e. The summed E-state index contributed by atoms with van der Waals surface area (Å²) in [6.45, 7) is 4.07. The van der Waals surface area contributed by atoms with Gasteiger partial charge in [-0.25, -0.2) is 0 Å². The molecule has 35 heavy (non-hydrogen) atoms. The first-order chi connectivity index (χ1) is 16.7. The van der Waals surface area contributed by atoms with Crippen LogP contribution in [0.3, 0.4) is 0 Å². The summed E-state index contributed by atoms with van der Waals surface area (Å²) in [7, 11) is 0. The van der Waals surface area contributed by atoms with Gasteiger partial charge in [0, 0.05) is 38.4 Å². The second kappa shape index (κ2) is 10.0. The van der Waals surface area contributed by atoms with E-state index in [0.717, 1.165) is 6.07 Å². The number of nitrogens with zero attached hydrogens (tertiary/aromatic N) is 3. The predicted octanol–water partition coefficient (Wildman–Crippen LogP) is 3.91. The fourth-order valence-corrected chi connectivity index (χ4v) is 5.25. The van der Waals surface area contributed by atoms with Gasteiger partial charge in [0.2, 0.25) is 5.91 Å². The van der Waals surface area contributed by atoms with Gasteiger partial charge in [-0.2, -0.15) is 18.4 Å². The molecule has 4 rings (SSSR count). The van der Waals surface area contributed by atoms with Crippen molar-refractivity contribution in [2.24, 2.45) is 17.8 Å². The summed E-state index contributed by atoms with van der Waals surface area (Å²) < 4.78 is 45.7. The van der Waals surface area contributed by atoms with Crippen molar-refractivity contribution >= 4 is 17.5 Å². The van der Waals surface area contributed by atoms with Crippen molar-refractivity contribution in [3.05, 3.63) is 53.5 Å². The molecule has 2 aromatic rings. The molecule has 7 nitrogen and oxygen atoms in total. The Labute approximate surface area is 201 Å². The minimum atomic E-state index is -4.65. The van der Waals surface area contributed by atoms with Crippen LogP contribution in [-0.2, 0) is 11.0 Å². The number of hydrogen-bond acceptors (Lipinski definition) is 5. The molecule has 1 aromatic carbocycles. The summed E-state index contributed by atoms with van der Waals surface area (Å²) in [5, 5.41) is 12.0. The van der Waals surface area contributed by atoms with Crippen LogP contribution in [0.2, 0.25) is 0 Å². The summed E-state index contributed by atoms with van der Waals surface area (Å²) in [5.74, 6) is -0.284. The highest BCUT2D eigenvalue weighted by Gasteiger charge is 2.43. The molecule has 0 radical (unpaired) electrons. The van der Waals surface area contributed by atoms with Crippen LogP contribution in [0.1, 0.15) is 41.4 Å². The van der Waals surface area contributed by atoms with E-state index >= 15 is 0 Å². The maximum Gasteiger partial charge on any atom is 0.417 e. The van der Waals surface area contributed by atoms with E-state index in [4.69, 9.17) is 9.68 Å². The smallest absolute Gasteiger partial charge is 0.417 e. The van der Waals surface area contributed by atoms with Crippen molar-refractivity contribution in [2.75, 3.05) is 37.6 Å². The molecule has 1 aromatic heterocycles. The molecule has 0 bridgehead atoms. The van der Waals surface area contributed by atoms with Crippen LogP contribution in [0.15, 0.2) is 41.0 Å². The van der Waals surface area contributed by atoms with E-state index in [1.54, 1.807) is 28.0 Å². The molecule has 10 heteroatoms. The van der Waals surface area contributed by atoms with Gasteiger partial charge in [-0.05, 0) is 61.9 Å². The van der Waals surface area contributed by atoms with E-state index in [-0.39, 0.29) is 35.3 Å². The van der Waals surface area contributed by atoms with Crippen molar-refractivity contribution in [3.63, 3.8) is 0 Å². The molecule has 0 saturated carbocycles. The topological polar surface area (TPSA) is 89.6 Å². The van der Waals surface area contributed by atoms with Crippen molar-refractivity contribution in [2.45, 2.75) is 25.9 Å². The van der Waals surface area contributed by atoms with Crippen LogP contribution in [0, 0.1) is 29.1 Å². The number of rotatable bonds is 5. The van der Waals surface area contributed by atoms with Gasteiger partial charge in [0.25, 0.3) is 5.91 Å². The van der Waals surface area contributed by atoms with Crippen LogP contribution in [0.4, 0.5) is 18.9 Å². The molecule has 0 spiro atoms. The van der Waals surface area contributed by atoms with E-state index in [0.29, 0.717) is 51.3 Å². The Kier molecular flexibility index (Phi) is 7.05. The van der Waals surface area contributed by atoms with Gasteiger partial charge in [0.05, 0.1) is 29.4 Å². The van der Waals surface area contributed by atoms with Crippen molar-refractivity contribution in [1.29, 1.82) is 5.26 Å². The Hall–Kier alpha value is -3.48. The van der Waals surface area contributed by atoms with E-state index in [2.05, 4.69) is 5.32 Å². The number of benzene rings is 1. The van der Waals surface area contributed by atoms with Gasteiger partial charge in [-0.3, -0.25) is 9.59 Å². The Bertz CT molecular complexity index is 1100. The zero-order chi connectivity index (χ0) is 25.2. The first kappa shape index (κ1) is 24.6. The molecular formula is C25H27F3N4O3. The predicted molar refractivity (Wildman–Crippen MR) is 121 cm³/mol. The van der Waals surface area contributed by atoms with Crippen molar-refractivity contribution < 1.29 is 27.2 Å². The first-order valence-electron chi connectivity index (χ1n) is 11.7. The van der Waals surface area contributed by atoms with Gasteiger partial charge in [-0.1, -0.05) is 0 Å². The quantitative estimate of drug-likeness (QED) is 0.689. The van der Waals surface area contributed by atoms with E-state index in [1.165, 1.54) is 18.4 Å². The maximum absolute atomic E-state index is 13.5. The molecule has 2 atom stereocenters. The lowest BCUT2D eigenvalue weighted by Crippen LogP contribution is -2.43. The van der Waals surface area contributed by atoms with Gasteiger partial charge >= 0.3 is 6.18 Å². The highest BCUT2D eigenvalue weighted by molar-refractivity contribution is 5.91. The van der Waals surface area contributed by atoms with E-state index < -0.39 is 17.3 Å². The summed E-state index contributed by atoms with van der Waals surface area (Å²) in [5.41, 5.74) is -1.05. The molecular weight excluding hydrogens is 461 g/mol. The third-order valence-electron chi connectivity index (χ3n) is 7.01.